The summed E-state index contributed by atoms with van der Waals surface area (Å²) in [5.74, 6) is 0.415. The normalized spacial score (nSPS) is 11.1. The van der Waals surface area contributed by atoms with Crippen molar-refractivity contribution in [1.82, 2.24) is 10.4 Å². The van der Waals surface area contributed by atoms with E-state index in [1.54, 1.807) is 30.5 Å². The van der Waals surface area contributed by atoms with E-state index in [2.05, 4.69) is 31.4 Å². The zero-order valence-electron chi connectivity index (χ0n) is 15.4. The Bertz CT molecular complexity index is 1170. The highest BCUT2D eigenvalue weighted by atomic mass is 79.9. The number of hydrogen-bond donors (Lipinski definition) is 2. The van der Waals surface area contributed by atoms with Gasteiger partial charge in [0, 0.05) is 38.3 Å². The van der Waals surface area contributed by atoms with Crippen LogP contribution in [0.3, 0.4) is 0 Å². The lowest BCUT2D eigenvalue weighted by Gasteiger charge is -2.08. The first-order valence-corrected chi connectivity index (χ1v) is 9.86. The van der Waals surface area contributed by atoms with Gasteiger partial charge in [-0.05, 0) is 36.4 Å². The maximum atomic E-state index is 12.3. The van der Waals surface area contributed by atoms with E-state index in [0.29, 0.717) is 17.9 Å². The van der Waals surface area contributed by atoms with Gasteiger partial charge in [0.1, 0.15) is 12.4 Å². The maximum Gasteiger partial charge on any atom is 0.271 e. The molecule has 0 unspecified atom stereocenters. The summed E-state index contributed by atoms with van der Waals surface area (Å²) < 4.78 is 6.79. The average molecular weight is 448 g/mol. The lowest BCUT2D eigenvalue weighted by atomic mass is 10.2. The molecule has 0 aliphatic rings. The van der Waals surface area contributed by atoms with Crippen molar-refractivity contribution >= 4 is 39.0 Å². The molecule has 0 bridgehead atoms. The Morgan fingerprint density at radius 3 is 2.62 bits per heavy atom. The third kappa shape index (κ3) is 4.55. The van der Waals surface area contributed by atoms with Crippen LogP contribution >= 0.6 is 15.9 Å². The number of aromatic amines is 1. The highest BCUT2D eigenvalue weighted by molar-refractivity contribution is 9.10. The summed E-state index contributed by atoms with van der Waals surface area (Å²) in [6.07, 6.45) is 3.49. The van der Waals surface area contributed by atoms with Crippen LogP contribution < -0.4 is 10.2 Å². The average Bonchev–Trinajstić information content (AvgIpc) is 3.17. The molecule has 1 amide bonds. The molecule has 2 N–H and O–H groups in total. The minimum atomic E-state index is -0.279. The predicted molar refractivity (Wildman–Crippen MR) is 118 cm³/mol. The number of halogens is 1. The van der Waals surface area contributed by atoms with Crippen molar-refractivity contribution in [1.29, 1.82) is 0 Å². The number of nitrogens with zero attached hydrogens (tertiary/aromatic N) is 1. The third-order valence-corrected chi connectivity index (χ3v) is 5.23. The van der Waals surface area contributed by atoms with Crippen LogP contribution in [0.25, 0.3) is 10.9 Å². The number of nitrogens with one attached hydrogen (secondary N) is 2. The zero-order valence-corrected chi connectivity index (χ0v) is 17.0. The lowest BCUT2D eigenvalue weighted by molar-refractivity contribution is 0.0955. The Morgan fingerprint density at radius 2 is 1.79 bits per heavy atom. The second kappa shape index (κ2) is 8.75. The Hall–Kier alpha value is -3.38. The van der Waals surface area contributed by atoms with E-state index in [1.807, 2.05) is 54.7 Å². The van der Waals surface area contributed by atoms with Crippen LogP contribution in [0, 0.1) is 0 Å². The smallest absolute Gasteiger partial charge is 0.271 e. The number of rotatable bonds is 6. The van der Waals surface area contributed by atoms with Gasteiger partial charge in [-0.15, -0.1) is 0 Å². The lowest BCUT2D eigenvalue weighted by Crippen LogP contribution is -2.17. The van der Waals surface area contributed by atoms with Crippen molar-refractivity contribution in [3.05, 3.63) is 100 Å². The van der Waals surface area contributed by atoms with E-state index in [1.165, 1.54) is 0 Å². The number of carbonyl (C=O) groups excluding carboxylic acids is 1. The van der Waals surface area contributed by atoms with Crippen LogP contribution in [0.1, 0.15) is 21.5 Å². The van der Waals surface area contributed by atoms with Gasteiger partial charge in [-0.3, -0.25) is 4.79 Å². The summed E-state index contributed by atoms with van der Waals surface area (Å²) >= 11 is 3.50. The van der Waals surface area contributed by atoms with E-state index < -0.39 is 0 Å². The summed E-state index contributed by atoms with van der Waals surface area (Å²) in [4.78, 5) is 15.5. The van der Waals surface area contributed by atoms with Crippen LogP contribution in [0.5, 0.6) is 5.75 Å². The number of ether oxygens (including phenoxy) is 1. The number of para-hydroxylation sites is 1. The van der Waals surface area contributed by atoms with Crippen LogP contribution in [0.2, 0.25) is 0 Å². The summed E-state index contributed by atoms with van der Waals surface area (Å²) in [5, 5.41) is 5.12. The number of H-pyrrole nitrogens is 1. The molecule has 0 fully saturated rings. The first-order chi connectivity index (χ1) is 14.2. The van der Waals surface area contributed by atoms with Gasteiger partial charge in [0.15, 0.2) is 0 Å². The molecule has 0 aliphatic carbocycles. The van der Waals surface area contributed by atoms with Crippen molar-refractivity contribution in [2.24, 2.45) is 5.10 Å². The molecule has 144 valence electrons. The van der Waals surface area contributed by atoms with Crippen molar-refractivity contribution in [2.75, 3.05) is 0 Å². The molecule has 4 aromatic rings. The SMILES string of the molecule is O=C(N/N=C\c1c[nH]c2ccccc12)c1ccc(OCc2ccccc2Br)cc1. The van der Waals surface area contributed by atoms with Crippen LogP contribution in [-0.4, -0.2) is 17.1 Å². The molecule has 6 heteroatoms. The Balaban J connectivity index is 1.35. The molecule has 1 aromatic heterocycles. The van der Waals surface area contributed by atoms with Crippen LogP contribution in [0.4, 0.5) is 0 Å². The second-order valence-electron chi connectivity index (χ2n) is 6.39. The molecule has 0 spiro atoms. The minimum Gasteiger partial charge on any atom is -0.489 e. The van der Waals surface area contributed by atoms with Gasteiger partial charge in [0.25, 0.3) is 5.91 Å². The number of fused-ring (bicyclic) bond motifs is 1. The number of hydrazone groups is 1. The first kappa shape index (κ1) is 19.0. The number of aromatic nitrogens is 1. The van der Waals surface area contributed by atoms with E-state index in [4.69, 9.17) is 4.74 Å². The highest BCUT2D eigenvalue weighted by Crippen LogP contribution is 2.19. The van der Waals surface area contributed by atoms with Crippen molar-refractivity contribution < 1.29 is 9.53 Å². The van der Waals surface area contributed by atoms with Crippen molar-refractivity contribution in [3.63, 3.8) is 0 Å². The van der Waals surface area contributed by atoms with E-state index >= 15 is 0 Å². The van der Waals surface area contributed by atoms with Gasteiger partial charge in [0.05, 0.1) is 6.21 Å². The molecule has 0 saturated carbocycles. The molecule has 3 aromatic carbocycles. The molecule has 0 atom stereocenters. The zero-order chi connectivity index (χ0) is 20.1. The number of benzene rings is 3. The fraction of sp³-hybridized carbons (Fsp3) is 0.0435. The largest absolute Gasteiger partial charge is 0.489 e. The highest BCUT2D eigenvalue weighted by Gasteiger charge is 2.06. The van der Waals surface area contributed by atoms with Crippen molar-refractivity contribution in [2.45, 2.75) is 6.61 Å². The number of hydrogen-bond acceptors (Lipinski definition) is 3. The molecule has 0 radical (unpaired) electrons. The molecule has 29 heavy (non-hydrogen) atoms. The summed E-state index contributed by atoms with van der Waals surface area (Å²) in [7, 11) is 0. The molecular formula is C23H18BrN3O2. The van der Waals surface area contributed by atoms with Gasteiger partial charge in [-0.25, -0.2) is 5.43 Å². The van der Waals surface area contributed by atoms with Gasteiger partial charge in [0.2, 0.25) is 0 Å². The van der Waals surface area contributed by atoms with Gasteiger partial charge in [-0.1, -0.05) is 52.3 Å². The van der Waals surface area contributed by atoms with E-state index in [0.717, 1.165) is 26.5 Å². The minimum absolute atomic E-state index is 0.279. The third-order valence-electron chi connectivity index (χ3n) is 4.46. The standard InChI is InChI=1S/C23H18BrN3O2/c24-21-7-3-1-5-17(21)15-29-19-11-9-16(10-12-19)23(28)27-26-14-18-13-25-22-8-4-2-6-20(18)22/h1-14,25H,15H2,(H,27,28)/b26-14-. The first-order valence-electron chi connectivity index (χ1n) is 9.06. The molecule has 0 aliphatic heterocycles. The molecule has 1 heterocycles. The quantitative estimate of drug-likeness (QED) is 0.312. The number of carbonyl (C=O) groups is 1. The Morgan fingerprint density at radius 1 is 1.03 bits per heavy atom. The van der Waals surface area contributed by atoms with Crippen LogP contribution in [0.15, 0.2) is 88.6 Å². The molecule has 4 rings (SSSR count). The van der Waals surface area contributed by atoms with Gasteiger partial charge >= 0.3 is 0 Å². The summed E-state index contributed by atoms with van der Waals surface area (Å²) in [6, 6.07) is 22.8. The predicted octanol–water partition coefficient (Wildman–Crippen LogP) is 5.27. The topological polar surface area (TPSA) is 66.5 Å². The maximum absolute atomic E-state index is 12.3. The Kier molecular flexibility index (Phi) is 5.72. The van der Waals surface area contributed by atoms with E-state index in [-0.39, 0.29) is 5.91 Å². The van der Waals surface area contributed by atoms with Gasteiger partial charge < -0.3 is 9.72 Å². The van der Waals surface area contributed by atoms with Crippen molar-refractivity contribution in [3.8, 4) is 5.75 Å². The fourth-order valence-electron chi connectivity index (χ4n) is 2.90. The Labute approximate surface area is 176 Å². The van der Waals surface area contributed by atoms with Gasteiger partial charge in [-0.2, -0.15) is 5.10 Å². The second-order valence-corrected chi connectivity index (χ2v) is 7.25. The van der Waals surface area contributed by atoms with E-state index in [9.17, 15) is 4.79 Å². The molecular weight excluding hydrogens is 430 g/mol. The molecule has 5 nitrogen and oxygen atoms in total. The fourth-order valence-corrected chi connectivity index (χ4v) is 3.30. The summed E-state index contributed by atoms with van der Waals surface area (Å²) in [6.45, 7) is 0.446. The number of amides is 1. The van der Waals surface area contributed by atoms with Crippen LogP contribution in [-0.2, 0) is 6.61 Å². The summed E-state index contributed by atoms with van der Waals surface area (Å²) in [5.41, 5.74) is 6.06. The monoisotopic (exact) mass is 447 g/mol. The molecule has 0 saturated heterocycles.